The first kappa shape index (κ1) is 14.5. The van der Waals surface area contributed by atoms with Gasteiger partial charge in [-0.05, 0) is 30.3 Å². The molecule has 0 atom stereocenters. The summed E-state index contributed by atoms with van der Waals surface area (Å²) in [7, 11) is 0. The molecule has 2 aromatic carbocycles. The van der Waals surface area contributed by atoms with E-state index in [1.807, 2.05) is 0 Å². The third-order valence-corrected chi connectivity index (χ3v) is 3.46. The highest BCUT2D eigenvalue weighted by molar-refractivity contribution is 6.36. The molecule has 110 valence electrons. The third-order valence-electron chi connectivity index (χ3n) is 2.91. The van der Waals surface area contributed by atoms with Gasteiger partial charge in [0.2, 0.25) is 11.8 Å². The Balaban J connectivity index is 1.95. The van der Waals surface area contributed by atoms with Gasteiger partial charge < -0.3 is 4.42 Å². The van der Waals surface area contributed by atoms with Gasteiger partial charge in [-0.15, -0.1) is 10.2 Å². The lowest BCUT2D eigenvalue weighted by Crippen LogP contribution is -1.87. The van der Waals surface area contributed by atoms with Crippen LogP contribution in [0.25, 0.3) is 22.9 Å². The Kier molecular flexibility index (Phi) is 3.79. The predicted octanol–water partition coefficient (Wildman–Crippen LogP) is 4.62. The van der Waals surface area contributed by atoms with Crippen molar-refractivity contribution in [3.05, 3.63) is 62.6 Å². The van der Waals surface area contributed by atoms with Gasteiger partial charge in [-0.1, -0.05) is 23.2 Å². The van der Waals surface area contributed by atoms with Crippen molar-refractivity contribution < 1.29 is 9.34 Å². The van der Waals surface area contributed by atoms with Crippen LogP contribution in [0.5, 0.6) is 0 Å². The fourth-order valence-electron chi connectivity index (χ4n) is 1.84. The molecule has 0 aliphatic rings. The number of hydrogen-bond acceptors (Lipinski definition) is 5. The van der Waals surface area contributed by atoms with Crippen molar-refractivity contribution in [2.75, 3.05) is 0 Å². The molecule has 0 aliphatic carbocycles. The first-order valence-corrected chi connectivity index (χ1v) is 6.84. The van der Waals surface area contributed by atoms with Crippen LogP contribution in [0.4, 0.5) is 5.69 Å². The topological polar surface area (TPSA) is 82.1 Å². The molecule has 22 heavy (non-hydrogen) atoms. The summed E-state index contributed by atoms with van der Waals surface area (Å²) in [5.74, 6) is 0.492. The first-order valence-electron chi connectivity index (χ1n) is 6.08. The maximum Gasteiger partial charge on any atom is 0.269 e. The fraction of sp³-hybridized carbons (Fsp3) is 0. The van der Waals surface area contributed by atoms with E-state index >= 15 is 0 Å². The zero-order valence-electron chi connectivity index (χ0n) is 10.9. The molecule has 0 saturated carbocycles. The van der Waals surface area contributed by atoms with Crippen LogP contribution in [0, 0.1) is 10.1 Å². The lowest BCUT2D eigenvalue weighted by atomic mass is 10.2. The SMILES string of the molecule is O=[N+]([O-])c1ccc(-c2nnc(-c3ccc(Cl)cc3Cl)o2)cc1. The van der Waals surface area contributed by atoms with E-state index in [2.05, 4.69) is 10.2 Å². The molecule has 0 radical (unpaired) electrons. The minimum absolute atomic E-state index is 0.00997. The smallest absolute Gasteiger partial charge is 0.269 e. The van der Waals surface area contributed by atoms with Gasteiger partial charge in [0.05, 0.1) is 15.5 Å². The van der Waals surface area contributed by atoms with Gasteiger partial charge in [-0.25, -0.2) is 0 Å². The van der Waals surface area contributed by atoms with E-state index < -0.39 is 4.92 Å². The first-order chi connectivity index (χ1) is 10.5. The van der Waals surface area contributed by atoms with Crippen LogP contribution in [0.2, 0.25) is 10.0 Å². The number of halogens is 2. The van der Waals surface area contributed by atoms with E-state index in [0.29, 0.717) is 21.2 Å². The minimum Gasteiger partial charge on any atom is -0.416 e. The maximum absolute atomic E-state index is 10.6. The largest absolute Gasteiger partial charge is 0.416 e. The third kappa shape index (κ3) is 2.79. The Hall–Kier alpha value is -2.44. The molecule has 3 aromatic rings. The summed E-state index contributed by atoms with van der Waals surface area (Å²) in [6, 6.07) is 10.7. The molecule has 1 heterocycles. The van der Waals surface area contributed by atoms with E-state index in [0.717, 1.165) is 0 Å². The molecule has 6 nitrogen and oxygen atoms in total. The summed E-state index contributed by atoms with van der Waals surface area (Å²) in [5, 5.41) is 19.4. The quantitative estimate of drug-likeness (QED) is 0.515. The summed E-state index contributed by atoms with van der Waals surface area (Å²) in [6.45, 7) is 0. The molecule has 0 unspecified atom stereocenters. The Labute approximate surface area is 134 Å². The lowest BCUT2D eigenvalue weighted by Gasteiger charge is -1.99. The number of benzene rings is 2. The second kappa shape index (κ2) is 5.75. The second-order valence-electron chi connectivity index (χ2n) is 4.34. The van der Waals surface area contributed by atoms with Gasteiger partial charge in [0.25, 0.3) is 5.69 Å². The summed E-state index contributed by atoms with van der Waals surface area (Å²) >= 11 is 11.9. The summed E-state index contributed by atoms with van der Waals surface area (Å²) < 4.78 is 5.56. The minimum atomic E-state index is -0.476. The van der Waals surface area contributed by atoms with Crippen molar-refractivity contribution in [3.63, 3.8) is 0 Å². The molecule has 0 saturated heterocycles. The molecule has 0 spiro atoms. The van der Waals surface area contributed by atoms with Crippen LogP contribution in [-0.2, 0) is 0 Å². The Morgan fingerprint density at radius 2 is 1.68 bits per heavy atom. The highest BCUT2D eigenvalue weighted by Gasteiger charge is 2.14. The molecule has 0 fully saturated rings. The van der Waals surface area contributed by atoms with Crippen LogP contribution in [-0.4, -0.2) is 15.1 Å². The second-order valence-corrected chi connectivity index (χ2v) is 5.18. The van der Waals surface area contributed by atoms with Gasteiger partial charge in [0.15, 0.2) is 0 Å². The standard InChI is InChI=1S/C14H7Cl2N3O3/c15-9-3-6-11(12(16)7-9)14-18-17-13(22-14)8-1-4-10(5-2-8)19(20)21/h1-7H. The number of non-ortho nitro benzene ring substituents is 1. The number of nitro groups is 1. The van der Waals surface area contributed by atoms with Crippen molar-refractivity contribution in [3.8, 4) is 22.9 Å². The fourth-order valence-corrected chi connectivity index (χ4v) is 2.33. The van der Waals surface area contributed by atoms with Crippen molar-refractivity contribution in [1.29, 1.82) is 0 Å². The van der Waals surface area contributed by atoms with Crippen molar-refractivity contribution in [1.82, 2.24) is 10.2 Å². The lowest BCUT2D eigenvalue weighted by molar-refractivity contribution is -0.384. The van der Waals surface area contributed by atoms with Crippen molar-refractivity contribution in [2.24, 2.45) is 0 Å². The van der Waals surface area contributed by atoms with Gasteiger partial charge in [-0.2, -0.15) is 0 Å². The number of rotatable bonds is 3. The predicted molar refractivity (Wildman–Crippen MR) is 81.8 cm³/mol. The molecule has 0 amide bonds. The van der Waals surface area contributed by atoms with Crippen molar-refractivity contribution >= 4 is 28.9 Å². The molecular formula is C14H7Cl2N3O3. The highest BCUT2D eigenvalue weighted by atomic mass is 35.5. The van der Waals surface area contributed by atoms with Crippen LogP contribution < -0.4 is 0 Å². The summed E-state index contributed by atoms with van der Waals surface area (Å²) in [6.07, 6.45) is 0. The number of aromatic nitrogens is 2. The zero-order valence-corrected chi connectivity index (χ0v) is 12.4. The van der Waals surface area contributed by atoms with E-state index in [9.17, 15) is 10.1 Å². The molecular weight excluding hydrogens is 329 g/mol. The highest BCUT2D eigenvalue weighted by Crippen LogP contribution is 2.31. The summed E-state index contributed by atoms with van der Waals surface area (Å²) in [5.41, 5.74) is 1.13. The van der Waals surface area contributed by atoms with E-state index in [1.165, 1.54) is 12.1 Å². The van der Waals surface area contributed by atoms with Crippen LogP contribution >= 0.6 is 23.2 Å². The Bertz CT molecular complexity index is 847. The van der Waals surface area contributed by atoms with Crippen LogP contribution in [0.15, 0.2) is 46.9 Å². The van der Waals surface area contributed by atoms with Gasteiger partial charge >= 0.3 is 0 Å². The normalized spacial score (nSPS) is 10.6. The summed E-state index contributed by atoms with van der Waals surface area (Å²) in [4.78, 5) is 10.2. The Morgan fingerprint density at radius 1 is 1.00 bits per heavy atom. The zero-order chi connectivity index (χ0) is 15.7. The molecule has 0 bridgehead atoms. The number of nitrogens with zero attached hydrogens (tertiary/aromatic N) is 3. The van der Waals surface area contributed by atoms with E-state index in [1.54, 1.807) is 30.3 Å². The molecule has 0 aliphatic heterocycles. The molecule has 8 heteroatoms. The van der Waals surface area contributed by atoms with Crippen LogP contribution in [0.1, 0.15) is 0 Å². The average Bonchev–Trinajstić information content (AvgIpc) is 2.97. The number of hydrogen-bond donors (Lipinski definition) is 0. The van der Waals surface area contributed by atoms with Crippen LogP contribution in [0.3, 0.4) is 0 Å². The van der Waals surface area contributed by atoms with E-state index in [-0.39, 0.29) is 17.5 Å². The molecule has 0 N–H and O–H groups in total. The van der Waals surface area contributed by atoms with Gasteiger partial charge in [0.1, 0.15) is 0 Å². The van der Waals surface area contributed by atoms with E-state index in [4.69, 9.17) is 27.6 Å². The van der Waals surface area contributed by atoms with Crippen molar-refractivity contribution in [2.45, 2.75) is 0 Å². The maximum atomic E-state index is 10.6. The monoisotopic (exact) mass is 335 g/mol. The van der Waals surface area contributed by atoms with Gasteiger partial charge in [0, 0.05) is 22.7 Å². The Morgan fingerprint density at radius 3 is 2.32 bits per heavy atom. The molecule has 3 rings (SSSR count). The molecule has 1 aromatic heterocycles. The number of nitro benzene ring substituents is 1. The average molecular weight is 336 g/mol. The van der Waals surface area contributed by atoms with Gasteiger partial charge in [-0.3, -0.25) is 10.1 Å².